The highest BCUT2D eigenvalue weighted by Crippen LogP contribution is 2.12. The van der Waals surface area contributed by atoms with E-state index in [0.717, 1.165) is 44.3 Å². The van der Waals surface area contributed by atoms with Gasteiger partial charge in [0.25, 0.3) is 0 Å². The largest absolute Gasteiger partial charge is 0.463 e. The molecule has 0 heterocycles. The first-order valence-electron chi connectivity index (χ1n) is 18.2. The molecule has 0 atom stereocenters. The van der Waals surface area contributed by atoms with E-state index in [4.69, 9.17) is 14.2 Å². The summed E-state index contributed by atoms with van der Waals surface area (Å²) in [5, 5.41) is 0. The van der Waals surface area contributed by atoms with Gasteiger partial charge in [-0.1, -0.05) is 162 Å². The number of unbranched alkanes of at least 4 members (excludes halogenated alkanes) is 21. The maximum atomic E-state index is 11.4. The zero-order valence-corrected chi connectivity index (χ0v) is 29.4. The zero-order valence-electron chi connectivity index (χ0n) is 29.4. The molecule has 0 bridgehead atoms. The molecule has 0 aromatic carbocycles. The van der Waals surface area contributed by atoms with Crippen LogP contribution < -0.4 is 0 Å². The Hall–Kier alpha value is -2.11. The maximum absolute atomic E-state index is 11.4. The van der Waals surface area contributed by atoms with Crippen molar-refractivity contribution in [2.75, 3.05) is 19.8 Å². The second-order valence-electron chi connectivity index (χ2n) is 12.0. The summed E-state index contributed by atoms with van der Waals surface area (Å²) in [7, 11) is 0. The molecule has 44 heavy (non-hydrogen) atoms. The quantitative estimate of drug-likeness (QED) is 0.0343. The SMILES string of the molecule is C=C(C)C(=O)OCCCCCCCCCCCCCC.CCCCCCCCOC(=O)/C=C\C(=O)OCCCCCCCC. The Morgan fingerprint density at radius 2 is 0.682 bits per heavy atom. The summed E-state index contributed by atoms with van der Waals surface area (Å²) in [5.41, 5.74) is 0.490. The minimum absolute atomic E-state index is 0.256. The van der Waals surface area contributed by atoms with Crippen molar-refractivity contribution in [3.63, 3.8) is 0 Å². The van der Waals surface area contributed by atoms with Gasteiger partial charge in [-0.15, -0.1) is 0 Å². The number of hydrogen-bond acceptors (Lipinski definition) is 6. The van der Waals surface area contributed by atoms with Crippen LogP contribution in [0.25, 0.3) is 0 Å². The van der Waals surface area contributed by atoms with Gasteiger partial charge in [0.1, 0.15) is 0 Å². The van der Waals surface area contributed by atoms with E-state index in [1.165, 1.54) is 122 Å². The van der Waals surface area contributed by atoms with Crippen LogP contribution >= 0.6 is 0 Å². The van der Waals surface area contributed by atoms with E-state index in [9.17, 15) is 14.4 Å². The summed E-state index contributed by atoms with van der Waals surface area (Å²) >= 11 is 0. The monoisotopic (exact) mass is 623 g/mol. The lowest BCUT2D eigenvalue weighted by atomic mass is 10.1. The predicted octanol–water partition coefficient (Wildman–Crippen LogP) is 11.2. The highest BCUT2D eigenvalue weighted by molar-refractivity contribution is 5.91. The molecule has 0 N–H and O–H groups in total. The maximum Gasteiger partial charge on any atom is 0.333 e. The summed E-state index contributed by atoms with van der Waals surface area (Å²) in [6, 6.07) is 0. The van der Waals surface area contributed by atoms with Gasteiger partial charge in [-0.05, 0) is 26.2 Å². The van der Waals surface area contributed by atoms with E-state index >= 15 is 0 Å². The van der Waals surface area contributed by atoms with Crippen LogP contribution in [0.1, 0.15) is 182 Å². The summed E-state index contributed by atoms with van der Waals surface area (Å²) < 4.78 is 15.1. The van der Waals surface area contributed by atoms with Gasteiger partial charge in [0.05, 0.1) is 19.8 Å². The van der Waals surface area contributed by atoms with Gasteiger partial charge in [-0.3, -0.25) is 0 Å². The molecule has 258 valence electrons. The number of carbonyl (C=O) groups excluding carboxylic acids is 3. The van der Waals surface area contributed by atoms with Crippen molar-refractivity contribution in [2.24, 2.45) is 0 Å². The first-order valence-corrected chi connectivity index (χ1v) is 18.2. The second kappa shape index (κ2) is 37.1. The van der Waals surface area contributed by atoms with Crippen molar-refractivity contribution in [1.82, 2.24) is 0 Å². The Morgan fingerprint density at radius 1 is 0.432 bits per heavy atom. The molecular weight excluding hydrogens is 552 g/mol. The molecule has 0 spiro atoms. The molecule has 0 amide bonds. The van der Waals surface area contributed by atoms with Crippen molar-refractivity contribution < 1.29 is 28.6 Å². The molecule has 6 nitrogen and oxygen atoms in total. The lowest BCUT2D eigenvalue weighted by Gasteiger charge is -2.04. The van der Waals surface area contributed by atoms with E-state index in [2.05, 4.69) is 27.4 Å². The number of rotatable bonds is 30. The molecule has 6 heteroatoms. The number of carbonyl (C=O) groups is 3. The number of ether oxygens (including phenoxy) is 3. The van der Waals surface area contributed by atoms with Crippen LogP contribution in [0.2, 0.25) is 0 Å². The molecular formula is C38H70O6. The predicted molar refractivity (Wildman–Crippen MR) is 185 cm³/mol. The number of esters is 3. The van der Waals surface area contributed by atoms with E-state index < -0.39 is 11.9 Å². The molecule has 0 rings (SSSR count). The highest BCUT2D eigenvalue weighted by Gasteiger charge is 2.03. The molecule has 0 aliphatic rings. The lowest BCUT2D eigenvalue weighted by molar-refractivity contribution is -0.140. The summed E-state index contributed by atoms with van der Waals surface area (Å²) in [5.74, 6) is -1.20. The summed E-state index contributed by atoms with van der Waals surface area (Å²) in [4.78, 5) is 34.0. The van der Waals surface area contributed by atoms with Crippen molar-refractivity contribution in [2.45, 2.75) is 182 Å². The third-order valence-electron chi connectivity index (χ3n) is 7.42. The molecule has 0 saturated heterocycles. The van der Waals surface area contributed by atoms with Crippen LogP contribution in [0, 0.1) is 0 Å². The fraction of sp³-hybridized carbons (Fsp3) is 0.816. The second-order valence-corrected chi connectivity index (χ2v) is 12.0. The Balaban J connectivity index is 0. The molecule has 0 aromatic heterocycles. The summed E-state index contributed by atoms with van der Waals surface area (Å²) in [6.45, 7) is 13.3. The van der Waals surface area contributed by atoms with Gasteiger partial charge in [0, 0.05) is 17.7 Å². The summed E-state index contributed by atoms with van der Waals surface area (Å²) in [6.07, 6.45) is 32.0. The molecule has 0 radical (unpaired) electrons. The highest BCUT2D eigenvalue weighted by atomic mass is 16.5. The molecule has 0 aliphatic carbocycles. The van der Waals surface area contributed by atoms with Gasteiger partial charge < -0.3 is 14.2 Å². The first kappa shape index (κ1) is 44.0. The topological polar surface area (TPSA) is 78.9 Å². The van der Waals surface area contributed by atoms with Crippen LogP contribution in [-0.4, -0.2) is 37.7 Å². The first-order chi connectivity index (χ1) is 21.4. The lowest BCUT2D eigenvalue weighted by Crippen LogP contribution is -2.06. The average molecular weight is 623 g/mol. The molecule has 0 unspecified atom stereocenters. The van der Waals surface area contributed by atoms with Crippen molar-refractivity contribution >= 4 is 17.9 Å². The Bertz CT molecular complexity index is 667. The van der Waals surface area contributed by atoms with Gasteiger partial charge in [-0.25, -0.2) is 14.4 Å². The van der Waals surface area contributed by atoms with Crippen LogP contribution in [0.5, 0.6) is 0 Å². The molecule has 0 aliphatic heterocycles. The van der Waals surface area contributed by atoms with E-state index in [0.29, 0.717) is 25.4 Å². The normalized spacial score (nSPS) is 10.7. The smallest absolute Gasteiger partial charge is 0.333 e. The van der Waals surface area contributed by atoms with Gasteiger partial charge >= 0.3 is 17.9 Å². The van der Waals surface area contributed by atoms with Crippen molar-refractivity contribution in [3.8, 4) is 0 Å². The van der Waals surface area contributed by atoms with Gasteiger partial charge in [-0.2, -0.15) is 0 Å². The van der Waals surface area contributed by atoms with Crippen LogP contribution in [0.15, 0.2) is 24.3 Å². The van der Waals surface area contributed by atoms with Crippen LogP contribution in [0.3, 0.4) is 0 Å². The average Bonchev–Trinajstić information content (AvgIpc) is 3.01. The van der Waals surface area contributed by atoms with Crippen molar-refractivity contribution in [1.29, 1.82) is 0 Å². The molecule has 0 fully saturated rings. The molecule has 0 aromatic rings. The fourth-order valence-corrected chi connectivity index (χ4v) is 4.57. The van der Waals surface area contributed by atoms with Crippen LogP contribution in [-0.2, 0) is 28.6 Å². The zero-order chi connectivity index (χ0) is 32.9. The minimum atomic E-state index is -0.472. The standard InChI is InChI=1S/C20H36O4.C18H34O2/c1-3-5-7-9-11-13-17-23-19(21)15-16-20(22)24-18-14-12-10-8-6-4-2;1-4-5-6-7-8-9-10-11-12-13-14-15-16-20-18(19)17(2)3/h15-16H,3-14,17-18H2,1-2H3;2,4-16H2,1,3H3/b16-15-;. The third-order valence-corrected chi connectivity index (χ3v) is 7.42. The fourth-order valence-electron chi connectivity index (χ4n) is 4.57. The number of hydrogen-bond donors (Lipinski definition) is 0. The Kier molecular flexibility index (Phi) is 37.1. The van der Waals surface area contributed by atoms with Crippen molar-refractivity contribution in [3.05, 3.63) is 24.3 Å². The molecule has 0 saturated carbocycles. The van der Waals surface area contributed by atoms with E-state index in [-0.39, 0.29) is 5.97 Å². The van der Waals surface area contributed by atoms with Gasteiger partial charge in [0.2, 0.25) is 0 Å². The van der Waals surface area contributed by atoms with E-state index in [1.54, 1.807) is 6.92 Å². The third kappa shape index (κ3) is 37.9. The minimum Gasteiger partial charge on any atom is -0.463 e. The van der Waals surface area contributed by atoms with E-state index in [1.807, 2.05) is 0 Å². The van der Waals surface area contributed by atoms with Crippen LogP contribution in [0.4, 0.5) is 0 Å². The Morgan fingerprint density at radius 3 is 0.955 bits per heavy atom. The Labute approximate surface area is 272 Å². The van der Waals surface area contributed by atoms with Gasteiger partial charge in [0.15, 0.2) is 0 Å².